The average molecular weight is 437 g/mol. The van der Waals surface area contributed by atoms with E-state index in [0.717, 1.165) is 13.2 Å². The second-order valence-electron chi connectivity index (χ2n) is 7.43. The molecule has 0 aromatic rings. The van der Waals surface area contributed by atoms with Crippen molar-refractivity contribution in [3.8, 4) is 0 Å². The van der Waals surface area contributed by atoms with Crippen LogP contribution in [-0.2, 0) is 18.9 Å². The highest BCUT2D eigenvalue weighted by atomic mass is 16.5. The van der Waals surface area contributed by atoms with Crippen LogP contribution in [0, 0.1) is 0 Å². The lowest BCUT2D eigenvalue weighted by molar-refractivity contribution is 0.00230. The Hall–Kier alpha value is -0.240. The Morgan fingerprint density at radius 1 is 0.367 bits per heavy atom. The van der Waals surface area contributed by atoms with Crippen molar-refractivity contribution in [2.24, 2.45) is 0 Å². The first-order chi connectivity index (χ1) is 14.8. The zero-order valence-corrected chi connectivity index (χ0v) is 20.1. The van der Waals surface area contributed by atoms with Gasteiger partial charge in [-0.05, 0) is 12.8 Å². The fraction of sp³-hybridized carbons (Fsp3) is 1.00. The molecule has 0 amide bonds. The molecule has 6 heteroatoms. The van der Waals surface area contributed by atoms with Crippen molar-refractivity contribution in [1.82, 2.24) is 0 Å². The molecule has 0 saturated heterocycles. The maximum absolute atomic E-state index is 8.36. The Bertz CT molecular complexity index is 242. The van der Waals surface area contributed by atoms with E-state index in [4.69, 9.17) is 29.2 Å². The van der Waals surface area contributed by atoms with Crippen LogP contribution in [0.5, 0.6) is 0 Å². The van der Waals surface area contributed by atoms with Crippen LogP contribution >= 0.6 is 0 Å². The lowest BCUT2D eigenvalue weighted by atomic mass is 10.1. The van der Waals surface area contributed by atoms with Crippen molar-refractivity contribution in [3.63, 3.8) is 0 Å². The number of unbranched alkanes of at least 4 members (excludes halogenated alkanes) is 10. The molecule has 0 spiro atoms. The molecule has 0 aromatic carbocycles. The van der Waals surface area contributed by atoms with E-state index in [9.17, 15) is 0 Å². The van der Waals surface area contributed by atoms with Gasteiger partial charge in [0.25, 0.3) is 0 Å². The minimum Gasteiger partial charge on any atom is -0.394 e. The maximum atomic E-state index is 8.36. The van der Waals surface area contributed by atoms with Gasteiger partial charge in [0.15, 0.2) is 0 Å². The molecular formula is C24H52O6. The Morgan fingerprint density at radius 2 is 0.667 bits per heavy atom. The highest BCUT2D eigenvalue weighted by Crippen LogP contribution is 2.06. The zero-order chi connectivity index (χ0) is 22.4. The van der Waals surface area contributed by atoms with Gasteiger partial charge in [-0.3, -0.25) is 0 Å². The summed E-state index contributed by atoms with van der Waals surface area (Å²) in [4.78, 5) is 0. The Morgan fingerprint density at radius 3 is 1.03 bits per heavy atom. The van der Waals surface area contributed by atoms with Gasteiger partial charge >= 0.3 is 0 Å². The molecule has 30 heavy (non-hydrogen) atoms. The monoisotopic (exact) mass is 436 g/mol. The smallest absolute Gasteiger partial charge is 0.0701 e. The van der Waals surface area contributed by atoms with Crippen LogP contribution in [0.4, 0.5) is 0 Å². The van der Waals surface area contributed by atoms with Crippen molar-refractivity contribution in [3.05, 3.63) is 0 Å². The summed E-state index contributed by atoms with van der Waals surface area (Å²) in [7, 11) is 0. The van der Waals surface area contributed by atoms with Crippen molar-refractivity contribution in [2.45, 2.75) is 90.9 Å². The minimum absolute atomic E-state index is 0.0413. The third-order valence-corrected chi connectivity index (χ3v) is 4.50. The van der Waals surface area contributed by atoms with E-state index in [2.05, 4.69) is 13.8 Å². The molecule has 0 fully saturated rings. The van der Waals surface area contributed by atoms with Crippen molar-refractivity contribution < 1.29 is 29.2 Å². The SMILES string of the molecule is CCCCCCCCOCCCCCCCC.OCCOCCOCCOCCO. The molecule has 6 nitrogen and oxygen atoms in total. The van der Waals surface area contributed by atoms with Gasteiger partial charge in [0.1, 0.15) is 0 Å². The molecule has 2 N–H and O–H groups in total. The average Bonchev–Trinajstić information content (AvgIpc) is 2.76. The lowest BCUT2D eigenvalue weighted by Crippen LogP contribution is -2.11. The molecule has 0 aliphatic rings. The van der Waals surface area contributed by atoms with Gasteiger partial charge in [-0.2, -0.15) is 0 Å². The molecule has 0 saturated carbocycles. The largest absolute Gasteiger partial charge is 0.394 e. The number of aliphatic hydroxyl groups excluding tert-OH is 2. The van der Waals surface area contributed by atoms with Gasteiger partial charge in [-0.25, -0.2) is 0 Å². The fourth-order valence-corrected chi connectivity index (χ4v) is 2.74. The van der Waals surface area contributed by atoms with Crippen molar-refractivity contribution in [1.29, 1.82) is 0 Å². The molecule has 0 heterocycles. The van der Waals surface area contributed by atoms with Crippen LogP contribution in [0.25, 0.3) is 0 Å². The van der Waals surface area contributed by atoms with Crippen LogP contribution in [0.1, 0.15) is 90.9 Å². The van der Waals surface area contributed by atoms with E-state index >= 15 is 0 Å². The predicted octanol–water partition coefficient (Wildman–Crippen LogP) is 4.74. The number of hydrogen-bond donors (Lipinski definition) is 2. The Labute approximate surface area is 186 Å². The van der Waals surface area contributed by atoms with Crippen LogP contribution in [0.15, 0.2) is 0 Å². The van der Waals surface area contributed by atoms with Gasteiger partial charge in [0.05, 0.1) is 52.9 Å². The first-order valence-corrected chi connectivity index (χ1v) is 12.4. The van der Waals surface area contributed by atoms with Gasteiger partial charge in [0, 0.05) is 13.2 Å². The standard InChI is InChI=1S/C16H34O.C8H18O5/c1-3-5-7-9-11-13-15-17-16-14-12-10-8-6-4-2;9-1-3-11-5-7-13-8-6-12-4-2-10/h3-16H2,1-2H3;9-10H,1-8H2. The van der Waals surface area contributed by atoms with Crippen LogP contribution < -0.4 is 0 Å². The maximum Gasteiger partial charge on any atom is 0.0701 e. The van der Waals surface area contributed by atoms with E-state index in [1.54, 1.807) is 0 Å². The van der Waals surface area contributed by atoms with Crippen molar-refractivity contribution in [2.75, 3.05) is 66.1 Å². The minimum atomic E-state index is 0.0413. The van der Waals surface area contributed by atoms with Gasteiger partial charge < -0.3 is 29.2 Å². The molecule has 0 unspecified atom stereocenters. The summed E-state index contributed by atoms with van der Waals surface area (Å²) in [5, 5.41) is 16.7. The molecule has 0 aromatic heterocycles. The summed E-state index contributed by atoms with van der Waals surface area (Å²) in [5.74, 6) is 0. The highest BCUT2D eigenvalue weighted by molar-refractivity contribution is 4.45. The second-order valence-corrected chi connectivity index (χ2v) is 7.43. The summed E-state index contributed by atoms with van der Waals surface area (Å²) in [6, 6.07) is 0. The fourth-order valence-electron chi connectivity index (χ4n) is 2.74. The molecule has 0 aliphatic carbocycles. The van der Waals surface area contributed by atoms with Gasteiger partial charge in [-0.15, -0.1) is 0 Å². The van der Waals surface area contributed by atoms with Crippen LogP contribution in [-0.4, -0.2) is 76.3 Å². The van der Waals surface area contributed by atoms with Crippen molar-refractivity contribution >= 4 is 0 Å². The van der Waals surface area contributed by atoms with E-state index in [0.29, 0.717) is 39.6 Å². The van der Waals surface area contributed by atoms with Gasteiger partial charge in [-0.1, -0.05) is 78.1 Å². The van der Waals surface area contributed by atoms with E-state index in [-0.39, 0.29) is 13.2 Å². The molecule has 0 bridgehead atoms. The second kappa shape index (κ2) is 33.4. The third kappa shape index (κ3) is 35.2. The van der Waals surface area contributed by atoms with E-state index < -0.39 is 0 Å². The summed E-state index contributed by atoms with van der Waals surface area (Å²) in [6.07, 6.45) is 16.3. The van der Waals surface area contributed by atoms with E-state index in [1.807, 2.05) is 0 Å². The topological polar surface area (TPSA) is 77.4 Å². The summed E-state index contributed by atoms with van der Waals surface area (Å²) < 4.78 is 20.7. The number of rotatable bonds is 24. The number of hydrogen-bond acceptors (Lipinski definition) is 6. The molecule has 0 radical (unpaired) electrons. The Kier molecular flexibility index (Phi) is 35.6. The van der Waals surface area contributed by atoms with Crippen LogP contribution in [0.3, 0.4) is 0 Å². The number of ether oxygens (including phenoxy) is 4. The lowest BCUT2D eigenvalue weighted by Gasteiger charge is -2.04. The zero-order valence-electron chi connectivity index (χ0n) is 20.1. The summed E-state index contributed by atoms with van der Waals surface area (Å²) in [6.45, 7) is 9.27. The normalized spacial score (nSPS) is 10.8. The third-order valence-electron chi connectivity index (χ3n) is 4.50. The molecule has 184 valence electrons. The van der Waals surface area contributed by atoms with E-state index in [1.165, 1.54) is 77.0 Å². The first kappa shape index (κ1) is 31.9. The first-order valence-electron chi connectivity index (χ1n) is 12.4. The number of aliphatic hydroxyl groups is 2. The summed E-state index contributed by atoms with van der Waals surface area (Å²) >= 11 is 0. The Balaban J connectivity index is 0. The predicted molar refractivity (Wildman–Crippen MR) is 124 cm³/mol. The molecule has 0 rings (SSSR count). The van der Waals surface area contributed by atoms with Gasteiger partial charge in [0.2, 0.25) is 0 Å². The highest BCUT2D eigenvalue weighted by Gasteiger charge is 1.93. The molecular weight excluding hydrogens is 384 g/mol. The molecule has 0 aliphatic heterocycles. The van der Waals surface area contributed by atoms with Crippen LogP contribution in [0.2, 0.25) is 0 Å². The quantitative estimate of drug-likeness (QED) is 0.213. The summed E-state index contributed by atoms with van der Waals surface area (Å²) in [5.41, 5.74) is 0. The molecule has 0 atom stereocenters.